The van der Waals surface area contributed by atoms with E-state index in [0.717, 1.165) is 23.2 Å². The average molecular weight is 390 g/mol. The molecular formula is C22H22N4O3. The summed E-state index contributed by atoms with van der Waals surface area (Å²) in [6.45, 7) is 4.18. The second-order valence-electron chi connectivity index (χ2n) is 7.23. The van der Waals surface area contributed by atoms with E-state index in [-0.39, 0.29) is 11.9 Å². The third-order valence-corrected chi connectivity index (χ3v) is 5.08. The summed E-state index contributed by atoms with van der Waals surface area (Å²) in [6, 6.07) is 14.9. The van der Waals surface area contributed by atoms with Crippen LogP contribution in [0.25, 0.3) is 0 Å². The zero-order valence-corrected chi connectivity index (χ0v) is 16.4. The molecule has 0 saturated heterocycles. The quantitative estimate of drug-likeness (QED) is 0.626. The van der Waals surface area contributed by atoms with Gasteiger partial charge in [0.05, 0.1) is 12.1 Å². The molecule has 0 aliphatic carbocycles. The number of esters is 1. The van der Waals surface area contributed by atoms with Gasteiger partial charge in [-0.05, 0) is 49.6 Å². The van der Waals surface area contributed by atoms with Crippen LogP contribution >= 0.6 is 0 Å². The van der Waals surface area contributed by atoms with Gasteiger partial charge in [-0.15, -0.1) is 0 Å². The van der Waals surface area contributed by atoms with Crippen LogP contribution in [0.4, 0.5) is 5.69 Å². The van der Waals surface area contributed by atoms with Crippen LogP contribution in [0, 0.1) is 0 Å². The molecule has 0 bridgehead atoms. The molecule has 4 rings (SSSR count). The first-order valence-corrected chi connectivity index (χ1v) is 9.56. The highest BCUT2D eigenvalue weighted by molar-refractivity contribution is 6.00. The summed E-state index contributed by atoms with van der Waals surface area (Å²) >= 11 is 0. The number of anilines is 1. The number of aromatic nitrogens is 3. The number of para-hydroxylation sites is 1. The molecule has 2 atom stereocenters. The highest BCUT2D eigenvalue weighted by Gasteiger charge is 2.34. The highest BCUT2D eigenvalue weighted by Crippen LogP contribution is 2.32. The van der Waals surface area contributed by atoms with Gasteiger partial charge in [0.1, 0.15) is 12.7 Å². The van der Waals surface area contributed by atoms with Crippen LogP contribution in [-0.4, -0.2) is 38.8 Å². The first kappa shape index (κ1) is 18.9. The van der Waals surface area contributed by atoms with E-state index >= 15 is 0 Å². The molecule has 0 radical (unpaired) electrons. The summed E-state index contributed by atoms with van der Waals surface area (Å²) in [5.41, 5.74) is 3.42. The van der Waals surface area contributed by atoms with Gasteiger partial charge in [-0.3, -0.25) is 4.79 Å². The largest absolute Gasteiger partial charge is 0.449 e. The summed E-state index contributed by atoms with van der Waals surface area (Å²) < 4.78 is 7.16. The second-order valence-corrected chi connectivity index (χ2v) is 7.23. The molecular weight excluding hydrogens is 368 g/mol. The van der Waals surface area contributed by atoms with Crippen molar-refractivity contribution >= 4 is 17.6 Å². The number of amides is 1. The predicted molar refractivity (Wildman–Crippen MR) is 108 cm³/mol. The summed E-state index contributed by atoms with van der Waals surface area (Å²) in [6.07, 6.45) is 3.04. The smallest absolute Gasteiger partial charge is 0.338 e. The number of fused-ring (bicyclic) bond motifs is 1. The van der Waals surface area contributed by atoms with Crippen LogP contribution in [0.5, 0.6) is 0 Å². The topological polar surface area (TPSA) is 77.3 Å². The maximum absolute atomic E-state index is 13.0. The molecule has 7 nitrogen and oxygen atoms in total. The molecule has 3 aromatic rings. The van der Waals surface area contributed by atoms with Gasteiger partial charge in [0, 0.05) is 11.7 Å². The Bertz CT molecular complexity index is 1010. The Hall–Kier alpha value is -3.48. The van der Waals surface area contributed by atoms with Crippen LogP contribution in [0.2, 0.25) is 0 Å². The minimum atomic E-state index is -0.870. The number of carbonyl (C=O) groups is 2. The lowest BCUT2D eigenvalue weighted by Gasteiger charge is -2.26. The van der Waals surface area contributed by atoms with Gasteiger partial charge < -0.3 is 9.64 Å². The van der Waals surface area contributed by atoms with Crippen LogP contribution < -0.4 is 4.90 Å². The Kier molecular flexibility index (Phi) is 5.12. The van der Waals surface area contributed by atoms with Crippen LogP contribution in [0.15, 0.2) is 61.2 Å². The monoisotopic (exact) mass is 390 g/mol. The number of carbonyl (C=O) groups excluding carboxylic acids is 2. The molecule has 1 aromatic heterocycles. The lowest BCUT2D eigenvalue weighted by molar-refractivity contribution is -0.126. The number of hydrogen-bond donors (Lipinski definition) is 0. The highest BCUT2D eigenvalue weighted by atomic mass is 16.5. The van der Waals surface area contributed by atoms with Gasteiger partial charge >= 0.3 is 5.97 Å². The van der Waals surface area contributed by atoms with Crippen molar-refractivity contribution in [2.24, 2.45) is 0 Å². The molecule has 0 fully saturated rings. The molecule has 2 aromatic carbocycles. The Morgan fingerprint density at radius 2 is 1.93 bits per heavy atom. The number of benzene rings is 2. The van der Waals surface area contributed by atoms with E-state index in [1.807, 2.05) is 43.3 Å². The Balaban J connectivity index is 1.41. The standard InChI is InChI=1S/C22H22N4O3/c1-15-11-19-5-3-4-6-20(19)26(15)21(27)16(2)29-22(28)18-9-7-17(8-10-18)12-25-14-23-13-24-25/h3-10,13-16H,11-12H2,1-2H3. The fourth-order valence-corrected chi connectivity index (χ4v) is 3.62. The molecule has 2 heterocycles. The van der Waals surface area contributed by atoms with Crippen molar-refractivity contribution in [2.45, 2.75) is 39.0 Å². The summed E-state index contributed by atoms with van der Waals surface area (Å²) in [5.74, 6) is -0.725. The van der Waals surface area contributed by atoms with Gasteiger partial charge in [-0.25, -0.2) is 14.5 Å². The summed E-state index contributed by atoms with van der Waals surface area (Å²) in [4.78, 5) is 31.1. The first-order chi connectivity index (χ1) is 14.0. The van der Waals surface area contributed by atoms with Crippen molar-refractivity contribution in [1.29, 1.82) is 0 Å². The van der Waals surface area contributed by atoms with Crippen molar-refractivity contribution in [2.75, 3.05) is 4.90 Å². The molecule has 29 heavy (non-hydrogen) atoms. The van der Waals surface area contributed by atoms with E-state index in [9.17, 15) is 9.59 Å². The number of nitrogens with zero attached hydrogens (tertiary/aromatic N) is 4. The van der Waals surface area contributed by atoms with E-state index in [2.05, 4.69) is 10.1 Å². The zero-order chi connectivity index (χ0) is 20.4. The molecule has 1 aliphatic rings. The van der Waals surface area contributed by atoms with Gasteiger partial charge in [-0.2, -0.15) is 5.10 Å². The first-order valence-electron chi connectivity index (χ1n) is 9.56. The zero-order valence-electron chi connectivity index (χ0n) is 16.4. The van der Waals surface area contributed by atoms with Gasteiger partial charge in [0.25, 0.3) is 5.91 Å². The fourth-order valence-electron chi connectivity index (χ4n) is 3.62. The predicted octanol–water partition coefficient (Wildman–Crippen LogP) is 2.85. The maximum atomic E-state index is 13.0. The summed E-state index contributed by atoms with van der Waals surface area (Å²) in [7, 11) is 0. The Morgan fingerprint density at radius 3 is 2.66 bits per heavy atom. The van der Waals surface area contributed by atoms with Crippen LogP contribution in [0.3, 0.4) is 0 Å². The second kappa shape index (κ2) is 7.87. The molecule has 7 heteroatoms. The number of hydrogen-bond acceptors (Lipinski definition) is 5. The van der Waals surface area contributed by atoms with Crippen LogP contribution in [-0.2, 0) is 22.5 Å². The van der Waals surface area contributed by atoms with Crippen molar-refractivity contribution < 1.29 is 14.3 Å². The molecule has 1 aliphatic heterocycles. The Morgan fingerprint density at radius 1 is 1.17 bits per heavy atom. The van der Waals surface area contributed by atoms with E-state index in [1.165, 1.54) is 6.33 Å². The molecule has 0 spiro atoms. The lowest BCUT2D eigenvalue weighted by Crippen LogP contribution is -2.43. The molecule has 0 saturated carbocycles. The third-order valence-electron chi connectivity index (χ3n) is 5.08. The van der Waals surface area contributed by atoms with Gasteiger partial charge in [-0.1, -0.05) is 30.3 Å². The summed E-state index contributed by atoms with van der Waals surface area (Å²) in [5, 5.41) is 4.06. The minimum Gasteiger partial charge on any atom is -0.449 e. The van der Waals surface area contributed by atoms with Gasteiger partial charge in [0.2, 0.25) is 0 Å². The number of rotatable bonds is 5. The van der Waals surface area contributed by atoms with Crippen molar-refractivity contribution in [3.8, 4) is 0 Å². The van der Waals surface area contributed by atoms with Crippen molar-refractivity contribution in [3.05, 3.63) is 77.9 Å². The lowest BCUT2D eigenvalue weighted by atomic mass is 10.1. The molecule has 1 amide bonds. The van der Waals surface area contributed by atoms with E-state index in [4.69, 9.17) is 4.74 Å². The molecule has 0 N–H and O–H groups in total. The number of ether oxygens (including phenoxy) is 1. The van der Waals surface area contributed by atoms with E-state index < -0.39 is 12.1 Å². The third kappa shape index (κ3) is 3.89. The van der Waals surface area contributed by atoms with Crippen molar-refractivity contribution in [3.63, 3.8) is 0 Å². The molecule has 2 unspecified atom stereocenters. The van der Waals surface area contributed by atoms with Gasteiger partial charge in [0.15, 0.2) is 6.10 Å². The SMILES string of the molecule is CC(OC(=O)c1ccc(Cn2cncn2)cc1)C(=O)N1c2ccccc2CC1C. The Labute approximate surface area is 168 Å². The van der Waals surface area contributed by atoms with Crippen LogP contribution in [0.1, 0.15) is 35.3 Å². The fraction of sp³-hybridized carbons (Fsp3) is 0.273. The van der Waals surface area contributed by atoms with E-state index in [1.54, 1.807) is 35.0 Å². The minimum absolute atomic E-state index is 0.0390. The average Bonchev–Trinajstić information content (AvgIpc) is 3.34. The van der Waals surface area contributed by atoms with Crippen molar-refractivity contribution in [1.82, 2.24) is 14.8 Å². The van der Waals surface area contributed by atoms with E-state index in [0.29, 0.717) is 12.1 Å². The maximum Gasteiger partial charge on any atom is 0.338 e. The normalized spacial score (nSPS) is 16.3. The molecule has 148 valence electrons.